The lowest BCUT2D eigenvalue weighted by molar-refractivity contribution is 0.0688. The highest BCUT2D eigenvalue weighted by Gasteiger charge is 2.08. The molecule has 5 nitrogen and oxygen atoms in total. The lowest BCUT2D eigenvalue weighted by Crippen LogP contribution is -2.07. The molecule has 78 valence electrons. The first-order valence-electron chi connectivity index (χ1n) is 4.28. The molecule has 0 aliphatic rings. The Balaban J connectivity index is 2.80. The molecule has 0 atom stereocenters. The Kier molecular flexibility index (Phi) is 3.63. The second kappa shape index (κ2) is 4.96. The van der Waals surface area contributed by atoms with Crippen LogP contribution in [-0.4, -0.2) is 27.7 Å². The summed E-state index contributed by atoms with van der Waals surface area (Å²) < 4.78 is 5.09. The number of ether oxygens (including phenoxy) is 1. The maximum Gasteiger partial charge on any atom is 0.354 e. The Bertz CT molecular complexity index is 410. The van der Waals surface area contributed by atoms with E-state index in [1.807, 2.05) is 0 Å². The van der Waals surface area contributed by atoms with Gasteiger partial charge in [-0.3, -0.25) is 0 Å². The van der Waals surface area contributed by atoms with E-state index >= 15 is 0 Å². The van der Waals surface area contributed by atoms with Gasteiger partial charge in [0.05, 0.1) is 0 Å². The highest BCUT2D eigenvalue weighted by Crippen LogP contribution is 2.07. The van der Waals surface area contributed by atoms with Gasteiger partial charge in [0, 0.05) is 12.1 Å². The second-order valence-electron chi connectivity index (χ2n) is 2.78. The first-order chi connectivity index (χ1) is 7.13. The topological polar surface area (TPSA) is 72.3 Å². The van der Waals surface area contributed by atoms with Crippen molar-refractivity contribution in [1.29, 1.82) is 0 Å². The zero-order valence-corrected chi connectivity index (χ0v) is 8.23. The second-order valence-corrected chi connectivity index (χ2v) is 2.78. The normalized spacial score (nSPS) is 9.33. The molecule has 5 heteroatoms. The molecule has 0 aliphatic heterocycles. The van der Waals surface area contributed by atoms with Crippen LogP contribution in [0.5, 0.6) is 6.01 Å². The molecule has 15 heavy (non-hydrogen) atoms. The van der Waals surface area contributed by atoms with Crippen LogP contribution in [0.1, 0.15) is 22.6 Å². The fraction of sp³-hybridized carbons (Fsp3) is 0.300. The zero-order valence-electron chi connectivity index (χ0n) is 8.23. The van der Waals surface area contributed by atoms with Crippen LogP contribution in [0, 0.1) is 19.3 Å². The number of nitrogens with zero attached hydrogens (tertiary/aromatic N) is 2. The molecular weight excluding hydrogens is 196 g/mol. The van der Waals surface area contributed by atoms with Crippen molar-refractivity contribution < 1.29 is 14.6 Å². The lowest BCUT2D eigenvalue weighted by Gasteiger charge is -2.03. The molecule has 0 saturated heterocycles. The van der Waals surface area contributed by atoms with Crippen LogP contribution in [0.4, 0.5) is 0 Å². The van der Waals surface area contributed by atoms with E-state index in [0.29, 0.717) is 12.1 Å². The molecule has 1 aromatic rings. The summed E-state index contributed by atoms with van der Waals surface area (Å²) in [4.78, 5) is 18.3. The number of hydrogen-bond acceptors (Lipinski definition) is 4. The summed E-state index contributed by atoms with van der Waals surface area (Å²) in [6.07, 6.45) is 5.47. The average molecular weight is 206 g/mol. The van der Waals surface area contributed by atoms with E-state index in [1.54, 1.807) is 6.92 Å². The van der Waals surface area contributed by atoms with Gasteiger partial charge in [-0.2, -0.15) is 4.98 Å². The van der Waals surface area contributed by atoms with Gasteiger partial charge in [0.1, 0.15) is 6.61 Å². The molecule has 0 fully saturated rings. The minimum absolute atomic E-state index is 0.0441. The first-order valence-corrected chi connectivity index (χ1v) is 4.28. The van der Waals surface area contributed by atoms with Crippen molar-refractivity contribution in [3.8, 4) is 18.4 Å². The molecule has 0 amide bonds. The van der Waals surface area contributed by atoms with Gasteiger partial charge < -0.3 is 9.84 Å². The summed E-state index contributed by atoms with van der Waals surface area (Å²) in [5.41, 5.74) is 0.455. The highest BCUT2D eigenvalue weighted by molar-refractivity contribution is 5.85. The largest absolute Gasteiger partial charge is 0.477 e. The van der Waals surface area contributed by atoms with Gasteiger partial charge in [0.15, 0.2) is 5.69 Å². The molecule has 0 unspecified atom stereocenters. The third-order valence-electron chi connectivity index (χ3n) is 1.53. The summed E-state index contributed by atoms with van der Waals surface area (Å²) in [6.45, 7) is 1.95. The Morgan fingerprint density at radius 3 is 3.00 bits per heavy atom. The smallest absolute Gasteiger partial charge is 0.354 e. The van der Waals surface area contributed by atoms with Crippen molar-refractivity contribution in [2.45, 2.75) is 13.3 Å². The van der Waals surface area contributed by atoms with Crippen LogP contribution in [0.2, 0.25) is 0 Å². The van der Waals surface area contributed by atoms with Gasteiger partial charge in [-0.05, 0) is 13.0 Å². The van der Waals surface area contributed by atoms with Crippen molar-refractivity contribution in [1.82, 2.24) is 9.97 Å². The zero-order chi connectivity index (χ0) is 11.3. The average Bonchev–Trinajstić information content (AvgIpc) is 2.17. The predicted molar refractivity (Wildman–Crippen MR) is 52.7 cm³/mol. The molecule has 1 N–H and O–H groups in total. The Morgan fingerprint density at radius 2 is 2.40 bits per heavy atom. The minimum Gasteiger partial charge on any atom is -0.477 e. The van der Waals surface area contributed by atoms with Crippen molar-refractivity contribution in [3.63, 3.8) is 0 Å². The van der Waals surface area contributed by atoms with Crippen LogP contribution >= 0.6 is 0 Å². The number of carboxylic acid groups (broad SMARTS) is 1. The van der Waals surface area contributed by atoms with Crippen molar-refractivity contribution in [2.75, 3.05) is 6.61 Å². The van der Waals surface area contributed by atoms with Crippen molar-refractivity contribution >= 4 is 5.97 Å². The number of hydrogen-bond donors (Lipinski definition) is 1. The van der Waals surface area contributed by atoms with Gasteiger partial charge in [-0.25, -0.2) is 9.78 Å². The van der Waals surface area contributed by atoms with E-state index < -0.39 is 5.97 Å². The molecule has 1 rings (SSSR count). The molecule has 0 spiro atoms. The maximum absolute atomic E-state index is 10.7. The van der Waals surface area contributed by atoms with E-state index in [1.165, 1.54) is 6.07 Å². The Labute approximate surface area is 87.1 Å². The van der Waals surface area contributed by atoms with Gasteiger partial charge in [-0.1, -0.05) is 0 Å². The Morgan fingerprint density at radius 1 is 1.67 bits per heavy atom. The Hall–Kier alpha value is -2.09. The standard InChI is InChI=1S/C10H10N2O3/c1-3-4-5-15-10-11-7(2)6-8(12-10)9(13)14/h1,6H,4-5H2,2H3,(H,13,14). The van der Waals surface area contributed by atoms with Gasteiger partial charge in [-0.15, -0.1) is 12.3 Å². The number of carbonyl (C=O) groups is 1. The number of rotatable bonds is 4. The molecule has 0 saturated carbocycles. The number of aryl methyl sites for hydroxylation is 1. The van der Waals surface area contributed by atoms with Gasteiger partial charge in [0.2, 0.25) is 0 Å². The highest BCUT2D eigenvalue weighted by atomic mass is 16.5. The quantitative estimate of drug-likeness (QED) is 0.585. The maximum atomic E-state index is 10.7. The summed E-state index contributed by atoms with van der Waals surface area (Å²) in [6, 6.07) is 1.42. The number of terminal acetylenes is 1. The number of aromatic carboxylic acids is 1. The van der Waals surface area contributed by atoms with Crippen LogP contribution in [-0.2, 0) is 0 Å². The number of aromatic nitrogens is 2. The van der Waals surface area contributed by atoms with E-state index in [4.69, 9.17) is 16.3 Å². The molecule has 0 aromatic carbocycles. The van der Waals surface area contributed by atoms with Gasteiger partial charge >= 0.3 is 12.0 Å². The summed E-state index contributed by atoms with van der Waals surface area (Å²) >= 11 is 0. The fourth-order valence-electron chi connectivity index (χ4n) is 0.917. The summed E-state index contributed by atoms with van der Waals surface area (Å²) in [7, 11) is 0. The molecule has 0 bridgehead atoms. The number of carboxylic acids is 1. The van der Waals surface area contributed by atoms with Crippen LogP contribution < -0.4 is 4.74 Å². The van der Waals surface area contributed by atoms with E-state index in [2.05, 4.69) is 15.9 Å². The first kappa shape index (κ1) is 11.0. The minimum atomic E-state index is -1.11. The van der Waals surface area contributed by atoms with E-state index in [9.17, 15) is 4.79 Å². The summed E-state index contributed by atoms with van der Waals surface area (Å²) in [5, 5.41) is 8.73. The molecule has 0 radical (unpaired) electrons. The van der Waals surface area contributed by atoms with Crippen LogP contribution in [0.25, 0.3) is 0 Å². The monoisotopic (exact) mass is 206 g/mol. The van der Waals surface area contributed by atoms with E-state index in [0.717, 1.165) is 0 Å². The summed E-state index contributed by atoms with van der Waals surface area (Å²) in [5.74, 6) is 1.28. The lowest BCUT2D eigenvalue weighted by atomic mass is 10.3. The molecule has 1 heterocycles. The van der Waals surface area contributed by atoms with Gasteiger partial charge in [0.25, 0.3) is 0 Å². The molecular formula is C10H10N2O3. The van der Waals surface area contributed by atoms with E-state index in [-0.39, 0.29) is 18.3 Å². The fourth-order valence-corrected chi connectivity index (χ4v) is 0.917. The van der Waals surface area contributed by atoms with Crippen molar-refractivity contribution in [2.24, 2.45) is 0 Å². The van der Waals surface area contributed by atoms with Crippen LogP contribution in [0.3, 0.4) is 0 Å². The SMILES string of the molecule is C#CCCOc1nc(C)cc(C(=O)O)n1. The van der Waals surface area contributed by atoms with Crippen molar-refractivity contribution in [3.05, 3.63) is 17.5 Å². The molecule has 1 aromatic heterocycles. The predicted octanol–water partition coefficient (Wildman–Crippen LogP) is 0.885. The third-order valence-corrected chi connectivity index (χ3v) is 1.53. The third kappa shape index (κ3) is 3.27. The van der Waals surface area contributed by atoms with Crippen LogP contribution in [0.15, 0.2) is 6.07 Å². The molecule has 0 aliphatic carbocycles.